The molecular formula is C20H25N3O2. The fourth-order valence-corrected chi connectivity index (χ4v) is 2.31. The van der Waals surface area contributed by atoms with Crippen LogP contribution in [0.3, 0.4) is 0 Å². The molecule has 0 bridgehead atoms. The molecule has 0 unspecified atom stereocenters. The molecule has 25 heavy (non-hydrogen) atoms. The van der Waals surface area contributed by atoms with Crippen LogP contribution in [0, 0.1) is 13.8 Å². The van der Waals surface area contributed by atoms with Crippen molar-refractivity contribution in [1.29, 1.82) is 0 Å². The Hall–Kier alpha value is -2.66. The van der Waals surface area contributed by atoms with E-state index in [1.807, 2.05) is 50.2 Å². The highest BCUT2D eigenvalue weighted by molar-refractivity contribution is 5.84. The van der Waals surface area contributed by atoms with E-state index in [1.165, 1.54) is 0 Å². The quantitative estimate of drug-likeness (QED) is 0.511. The van der Waals surface area contributed by atoms with Gasteiger partial charge in [-0.15, -0.1) is 0 Å². The minimum Gasteiger partial charge on any atom is -0.507 e. The van der Waals surface area contributed by atoms with Gasteiger partial charge in [0.2, 0.25) is 0 Å². The molecule has 5 heteroatoms. The number of nitrogens with one attached hydrogen (secondary N) is 1. The van der Waals surface area contributed by atoms with E-state index < -0.39 is 0 Å². The van der Waals surface area contributed by atoms with Gasteiger partial charge in [0.1, 0.15) is 11.5 Å². The first-order valence-electron chi connectivity index (χ1n) is 8.37. The predicted molar refractivity (Wildman–Crippen MR) is 103 cm³/mol. The van der Waals surface area contributed by atoms with Crippen LogP contribution in [0.2, 0.25) is 0 Å². The van der Waals surface area contributed by atoms with Gasteiger partial charge < -0.3 is 15.5 Å². The highest BCUT2D eigenvalue weighted by Gasteiger charge is 2.00. The summed E-state index contributed by atoms with van der Waals surface area (Å²) in [6, 6.07) is 11.2. The van der Waals surface area contributed by atoms with Crippen molar-refractivity contribution < 1.29 is 10.2 Å². The summed E-state index contributed by atoms with van der Waals surface area (Å²) >= 11 is 0. The standard InChI is InChI=1S/C20H25N3O2/c1-15-5-3-7-17(19(15)24)13-22-11-9-21-10-12-23-14-18-8-4-6-16(2)20(18)25/h3-8,13-14,21,24-25H,9-12H2,1-2H3. The zero-order valence-corrected chi connectivity index (χ0v) is 14.7. The molecule has 0 radical (unpaired) electrons. The van der Waals surface area contributed by atoms with E-state index in [-0.39, 0.29) is 11.5 Å². The number of benzene rings is 2. The monoisotopic (exact) mass is 339 g/mol. The number of phenols is 2. The second-order valence-electron chi connectivity index (χ2n) is 5.85. The van der Waals surface area contributed by atoms with Gasteiger partial charge in [0, 0.05) is 36.6 Å². The molecule has 5 nitrogen and oxygen atoms in total. The third kappa shape index (κ3) is 5.72. The molecule has 0 atom stereocenters. The number of aryl methyl sites for hydroxylation is 2. The van der Waals surface area contributed by atoms with Gasteiger partial charge in [-0.1, -0.05) is 24.3 Å². The van der Waals surface area contributed by atoms with Gasteiger partial charge in [0.05, 0.1) is 13.1 Å². The summed E-state index contributed by atoms with van der Waals surface area (Å²) in [5.74, 6) is 0.570. The molecule has 0 saturated heterocycles. The fourth-order valence-electron chi connectivity index (χ4n) is 2.31. The van der Waals surface area contributed by atoms with Crippen LogP contribution in [0.25, 0.3) is 0 Å². The van der Waals surface area contributed by atoms with E-state index in [9.17, 15) is 10.2 Å². The van der Waals surface area contributed by atoms with Crippen LogP contribution in [-0.4, -0.2) is 48.8 Å². The minimum absolute atomic E-state index is 0.285. The number of phenolic OH excluding ortho intramolecular Hbond substituents is 2. The van der Waals surface area contributed by atoms with E-state index in [0.29, 0.717) is 13.1 Å². The van der Waals surface area contributed by atoms with Crippen molar-refractivity contribution in [3.8, 4) is 11.5 Å². The Morgan fingerprint density at radius 2 is 1.24 bits per heavy atom. The molecule has 132 valence electrons. The third-order valence-electron chi connectivity index (χ3n) is 3.83. The lowest BCUT2D eigenvalue weighted by molar-refractivity contribution is 0.470. The molecular weight excluding hydrogens is 314 g/mol. The normalized spacial score (nSPS) is 11.6. The Labute approximate surface area is 148 Å². The smallest absolute Gasteiger partial charge is 0.127 e. The van der Waals surface area contributed by atoms with Crippen LogP contribution >= 0.6 is 0 Å². The van der Waals surface area contributed by atoms with Crippen LogP contribution < -0.4 is 5.32 Å². The van der Waals surface area contributed by atoms with Gasteiger partial charge in [-0.3, -0.25) is 9.98 Å². The number of para-hydroxylation sites is 2. The van der Waals surface area contributed by atoms with Gasteiger partial charge in [-0.25, -0.2) is 0 Å². The Morgan fingerprint density at radius 1 is 0.800 bits per heavy atom. The number of aromatic hydroxyl groups is 2. The van der Waals surface area contributed by atoms with Crippen molar-refractivity contribution in [2.45, 2.75) is 13.8 Å². The number of hydrogen-bond acceptors (Lipinski definition) is 5. The van der Waals surface area contributed by atoms with Gasteiger partial charge in [-0.05, 0) is 37.1 Å². The largest absolute Gasteiger partial charge is 0.507 e. The second kappa shape index (κ2) is 9.59. The lowest BCUT2D eigenvalue weighted by atomic mass is 10.1. The van der Waals surface area contributed by atoms with Crippen molar-refractivity contribution in [3.05, 3.63) is 58.7 Å². The molecule has 0 aliphatic rings. The molecule has 2 aromatic rings. The predicted octanol–water partition coefficient (Wildman–Crippen LogP) is 2.84. The molecule has 0 spiro atoms. The first kappa shape index (κ1) is 18.7. The van der Waals surface area contributed by atoms with E-state index in [4.69, 9.17) is 0 Å². The maximum Gasteiger partial charge on any atom is 0.127 e. The molecule has 3 N–H and O–H groups in total. The molecule has 0 fully saturated rings. The summed E-state index contributed by atoms with van der Waals surface area (Å²) in [4.78, 5) is 8.62. The van der Waals surface area contributed by atoms with Crippen LogP contribution in [0.15, 0.2) is 46.4 Å². The third-order valence-corrected chi connectivity index (χ3v) is 3.83. The second-order valence-corrected chi connectivity index (χ2v) is 5.85. The highest BCUT2D eigenvalue weighted by Crippen LogP contribution is 2.20. The summed E-state index contributed by atoms with van der Waals surface area (Å²) in [6.45, 7) is 6.49. The first-order chi connectivity index (χ1) is 12.1. The maximum atomic E-state index is 9.89. The number of hydrogen-bond donors (Lipinski definition) is 3. The Kier molecular flexibility index (Phi) is 7.16. The number of aliphatic imine (C=N–C) groups is 2. The van der Waals surface area contributed by atoms with Crippen LogP contribution in [-0.2, 0) is 0 Å². The molecule has 2 aromatic carbocycles. The number of rotatable bonds is 8. The lowest BCUT2D eigenvalue weighted by Crippen LogP contribution is -2.20. The zero-order chi connectivity index (χ0) is 18.1. The molecule has 0 saturated carbocycles. The summed E-state index contributed by atoms with van der Waals surface area (Å²) in [5, 5.41) is 23.0. The average Bonchev–Trinajstić information content (AvgIpc) is 2.60. The van der Waals surface area contributed by atoms with Crippen molar-refractivity contribution in [1.82, 2.24) is 5.32 Å². The average molecular weight is 339 g/mol. The highest BCUT2D eigenvalue weighted by atomic mass is 16.3. The summed E-state index contributed by atoms with van der Waals surface area (Å²) in [6.07, 6.45) is 3.39. The molecule has 0 aliphatic heterocycles. The molecule has 0 heterocycles. The molecule has 0 aliphatic carbocycles. The summed E-state index contributed by atoms with van der Waals surface area (Å²) in [7, 11) is 0. The maximum absolute atomic E-state index is 9.89. The van der Waals surface area contributed by atoms with Crippen molar-refractivity contribution in [2.24, 2.45) is 9.98 Å². The Balaban J connectivity index is 1.65. The first-order valence-corrected chi connectivity index (χ1v) is 8.37. The Bertz CT molecular complexity index is 691. The zero-order valence-electron chi connectivity index (χ0n) is 14.7. The summed E-state index contributed by atoms with van der Waals surface area (Å²) < 4.78 is 0. The molecule has 2 rings (SSSR count). The Morgan fingerprint density at radius 3 is 1.68 bits per heavy atom. The van der Waals surface area contributed by atoms with Crippen LogP contribution in [0.1, 0.15) is 22.3 Å². The summed E-state index contributed by atoms with van der Waals surface area (Å²) in [5.41, 5.74) is 3.17. The van der Waals surface area contributed by atoms with Crippen molar-refractivity contribution in [2.75, 3.05) is 26.2 Å². The topological polar surface area (TPSA) is 77.2 Å². The van der Waals surface area contributed by atoms with Gasteiger partial charge in [0.15, 0.2) is 0 Å². The van der Waals surface area contributed by atoms with Gasteiger partial charge >= 0.3 is 0 Å². The fraction of sp³-hybridized carbons (Fsp3) is 0.300. The van der Waals surface area contributed by atoms with Gasteiger partial charge in [0.25, 0.3) is 0 Å². The van der Waals surface area contributed by atoms with Crippen LogP contribution in [0.4, 0.5) is 0 Å². The molecule has 0 aromatic heterocycles. The van der Waals surface area contributed by atoms with E-state index in [1.54, 1.807) is 12.4 Å². The van der Waals surface area contributed by atoms with E-state index in [0.717, 1.165) is 35.3 Å². The SMILES string of the molecule is Cc1cccc(C=NCCNCCN=Cc2cccc(C)c2O)c1O. The lowest BCUT2D eigenvalue weighted by Gasteiger charge is -2.03. The van der Waals surface area contributed by atoms with Crippen LogP contribution in [0.5, 0.6) is 11.5 Å². The van der Waals surface area contributed by atoms with E-state index >= 15 is 0 Å². The minimum atomic E-state index is 0.285. The van der Waals surface area contributed by atoms with E-state index in [2.05, 4.69) is 15.3 Å². The van der Waals surface area contributed by atoms with Crippen molar-refractivity contribution >= 4 is 12.4 Å². The van der Waals surface area contributed by atoms with Crippen molar-refractivity contribution in [3.63, 3.8) is 0 Å². The number of nitrogens with zero attached hydrogens (tertiary/aromatic N) is 2. The molecule has 0 amide bonds. The van der Waals surface area contributed by atoms with Gasteiger partial charge in [-0.2, -0.15) is 0 Å².